The maximum absolute atomic E-state index is 5.47. The molecule has 0 fully saturated rings. The van der Waals surface area contributed by atoms with Crippen molar-refractivity contribution < 1.29 is 0 Å². The molecule has 13 aromatic rings. The summed E-state index contributed by atoms with van der Waals surface area (Å²) in [7, 11) is 0. The van der Waals surface area contributed by atoms with Gasteiger partial charge in [-0.25, -0.2) is 9.97 Å². The molecule has 0 bridgehead atoms. The molecule has 0 atom stereocenters. The highest BCUT2D eigenvalue weighted by molar-refractivity contribution is 6.25. The van der Waals surface area contributed by atoms with Gasteiger partial charge in [-0.3, -0.25) is 9.13 Å². The van der Waals surface area contributed by atoms with Crippen molar-refractivity contribution >= 4 is 87.2 Å². The van der Waals surface area contributed by atoms with E-state index in [-0.39, 0.29) is 0 Å². The highest BCUT2D eigenvalue weighted by Crippen LogP contribution is 2.43. The summed E-state index contributed by atoms with van der Waals surface area (Å²) in [5, 5.41) is 9.27. The van der Waals surface area contributed by atoms with Crippen molar-refractivity contribution in [2.75, 3.05) is 0 Å². The van der Waals surface area contributed by atoms with Crippen LogP contribution in [0.3, 0.4) is 0 Å². The summed E-state index contributed by atoms with van der Waals surface area (Å²) in [5.41, 5.74) is 10.8. The second kappa shape index (κ2) is 11.7. The molecule has 270 valence electrons. The molecule has 0 saturated heterocycles. The molecule has 0 radical (unpaired) electrons. The fourth-order valence-electron chi connectivity index (χ4n) is 9.60. The maximum Gasteiger partial charge on any atom is 0.239 e. The Kier molecular flexibility index (Phi) is 6.32. The van der Waals surface area contributed by atoms with Crippen molar-refractivity contribution in [3.63, 3.8) is 0 Å². The summed E-state index contributed by atoms with van der Waals surface area (Å²) < 4.78 is 9.25. The quantitative estimate of drug-likeness (QED) is 0.180. The van der Waals surface area contributed by atoms with Crippen molar-refractivity contribution in [1.82, 2.24) is 33.2 Å². The summed E-state index contributed by atoms with van der Waals surface area (Å²) in [6.07, 6.45) is 1.67. The predicted octanol–water partition coefficient (Wildman–Crippen LogP) is 12.3. The van der Waals surface area contributed by atoms with Gasteiger partial charge in [0.25, 0.3) is 0 Å². The van der Waals surface area contributed by atoms with Crippen molar-refractivity contribution in [2.24, 2.45) is 0 Å². The van der Waals surface area contributed by atoms with Gasteiger partial charge in [-0.2, -0.15) is 4.98 Å². The molecule has 7 nitrogen and oxygen atoms in total. The lowest BCUT2D eigenvalue weighted by Gasteiger charge is -2.13. The number of hydrogen-bond donors (Lipinski definition) is 0. The smallest absolute Gasteiger partial charge is 0.239 e. The van der Waals surface area contributed by atoms with E-state index >= 15 is 0 Å². The minimum absolute atomic E-state index is 0.551. The summed E-state index contributed by atoms with van der Waals surface area (Å²) in [6.45, 7) is 0. The van der Waals surface area contributed by atoms with Crippen LogP contribution in [0.15, 0.2) is 188 Å². The third-order valence-electron chi connectivity index (χ3n) is 11.9. The zero-order valence-corrected chi connectivity index (χ0v) is 31.0. The summed E-state index contributed by atoms with van der Waals surface area (Å²) in [6, 6.07) is 64.8. The average molecular weight is 742 g/mol. The monoisotopic (exact) mass is 741 g/mol. The van der Waals surface area contributed by atoms with E-state index in [1.807, 2.05) is 0 Å². The first-order valence-electron chi connectivity index (χ1n) is 19.5. The molecule has 5 heterocycles. The zero-order valence-electron chi connectivity index (χ0n) is 31.0. The van der Waals surface area contributed by atoms with Gasteiger partial charge in [-0.15, -0.1) is 0 Å². The number of benzene rings is 8. The van der Waals surface area contributed by atoms with Gasteiger partial charge in [-0.05, 0) is 48.5 Å². The number of aromatic nitrogens is 7. The minimum atomic E-state index is 0.551. The maximum atomic E-state index is 5.47. The number of fused-ring (bicyclic) bond motifs is 14. The molecule has 7 heteroatoms. The number of rotatable bonds is 4. The lowest BCUT2D eigenvalue weighted by atomic mass is 10.1. The molecule has 0 spiro atoms. The topological polar surface area (TPSA) is 58.4 Å². The van der Waals surface area contributed by atoms with Gasteiger partial charge >= 0.3 is 0 Å². The molecule has 58 heavy (non-hydrogen) atoms. The number of para-hydroxylation sites is 6. The van der Waals surface area contributed by atoms with Gasteiger partial charge in [0, 0.05) is 54.5 Å². The molecule has 0 aliphatic carbocycles. The Hall–Kier alpha value is -8.03. The lowest BCUT2D eigenvalue weighted by Crippen LogP contribution is -2.09. The van der Waals surface area contributed by atoms with Crippen molar-refractivity contribution in [3.8, 4) is 23.3 Å². The van der Waals surface area contributed by atoms with E-state index in [0.717, 1.165) is 77.1 Å². The van der Waals surface area contributed by atoms with Gasteiger partial charge in [0.1, 0.15) is 6.33 Å². The van der Waals surface area contributed by atoms with Crippen LogP contribution in [-0.2, 0) is 0 Å². The molecule has 0 saturated carbocycles. The van der Waals surface area contributed by atoms with Crippen molar-refractivity contribution in [2.45, 2.75) is 0 Å². The second-order valence-corrected chi connectivity index (χ2v) is 14.9. The Balaban J connectivity index is 1.17. The molecule has 13 rings (SSSR count). The van der Waals surface area contributed by atoms with Crippen LogP contribution in [0, 0.1) is 0 Å². The van der Waals surface area contributed by atoms with Crippen LogP contribution in [0.2, 0.25) is 0 Å². The highest BCUT2D eigenvalue weighted by atomic mass is 15.3. The first-order valence-corrected chi connectivity index (χ1v) is 19.5. The van der Waals surface area contributed by atoms with Crippen LogP contribution >= 0.6 is 0 Å². The van der Waals surface area contributed by atoms with Crippen molar-refractivity contribution in [3.05, 3.63) is 188 Å². The molecule has 0 N–H and O–H groups in total. The Morgan fingerprint density at radius 3 is 0.914 bits per heavy atom. The van der Waals surface area contributed by atoms with Gasteiger partial charge in [0.05, 0.1) is 44.1 Å². The number of hydrogen-bond acceptors (Lipinski definition) is 3. The molecular formula is C51H31N7. The molecule has 5 aromatic heterocycles. The van der Waals surface area contributed by atoms with E-state index in [4.69, 9.17) is 15.0 Å². The second-order valence-electron chi connectivity index (χ2n) is 14.9. The lowest BCUT2D eigenvalue weighted by molar-refractivity contribution is 0.886. The Labute approximate surface area is 330 Å². The van der Waals surface area contributed by atoms with Crippen LogP contribution < -0.4 is 0 Å². The summed E-state index contributed by atoms with van der Waals surface area (Å²) in [4.78, 5) is 15.5. The Morgan fingerprint density at radius 2 is 0.552 bits per heavy atom. The van der Waals surface area contributed by atoms with E-state index in [0.29, 0.717) is 11.9 Å². The Morgan fingerprint density at radius 1 is 0.259 bits per heavy atom. The Bertz CT molecular complexity index is 3550. The van der Waals surface area contributed by atoms with Crippen molar-refractivity contribution in [1.29, 1.82) is 0 Å². The van der Waals surface area contributed by atoms with E-state index in [1.165, 1.54) is 21.5 Å². The first kappa shape index (κ1) is 31.2. The van der Waals surface area contributed by atoms with E-state index < -0.39 is 0 Å². The molecule has 8 aromatic carbocycles. The molecule has 0 aliphatic rings. The third-order valence-corrected chi connectivity index (χ3v) is 11.9. The van der Waals surface area contributed by atoms with E-state index in [1.54, 1.807) is 6.33 Å². The fourth-order valence-corrected chi connectivity index (χ4v) is 9.60. The standard InChI is InChI=1S/C51H31N7/c1-3-15-32(16-4-1)55-42-23-11-7-19-34(42)38-27-29-40-36-21-9-13-25-44(36)57(48(40)46(38)55)50-52-31-53-51(54-50)58-45-26-14-10-22-37(45)41-30-28-39-35-20-8-12-24-43(35)56(47(39)49(41)58)33-17-5-2-6-18-33/h1-31H. The van der Waals surface area contributed by atoms with Crippen LogP contribution in [0.5, 0.6) is 0 Å². The highest BCUT2D eigenvalue weighted by Gasteiger charge is 2.25. The van der Waals surface area contributed by atoms with E-state index in [9.17, 15) is 0 Å². The molecular weight excluding hydrogens is 711 g/mol. The molecule has 0 unspecified atom stereocenters. The largest absolute Gasteiger partial charge is 0.307 e. The van der Waals surface area contributed by atoms with Gasteiger partial charge < -0.3 is 9.13 Å². The van der Waals surface area contributed by atoms with Crippen LogP contribution in [0.25, 0.3) is 110 Å². The van der Waals surface area contributed by atoms with Crippen LogP contribution in [0.4, 0.5) is 0 Å². The molecule has 0 aliphatic heterocycles. The number of nitrogens with zero attached hydrogens (tertiary/aromatic N) is 7. The zero-order chi connectivity index (χ0) is 37.9. The normalized spacial score (nSPS) is 12.1. The summed E-state index contributed by atoms with van der Waals surface area (Å²) in [5.74, 6) is 1.10. The van der Waals surface area contributed by atoms with E-state index in [2.05, 4.69) is 200 Å². The van der Waals surface area contributed by atoms with Gasteiger partial charge in [-0.1, -0.05) is 133 Å². The average Bonchev–Trinajstić information content (AvgIpc) is 4.02. The first-order chi connectivity index (χ1) is 28.8. The minimum Gasteiger partial charge on any atom is -0.307 e. The fraction of sp³-hybridized carbons (Fsp3) is 0. The third kappa shape index (κ3) is 4.14. The molecule has 0 amide bonds. The van der Waals surface area contributed by atoms with Crippen LogP contribution in [0.1, 0.15) is 0 Å². The predicted molar refractivity (Wildman–Crippen MR) is 237 cm³/mol. The SMILES string of the molecule is c1ccc(-n2c3ccccc3c3ccc4c5ccccc5n(-c5ncnc(-n6c7ccccc7c7ccc8c9ccccc9n(-c9ccccc9)c8c76)n5)c4c32)cc1. The van der Waals surface area contributed by atoms with Crippen LogP contribution in [-0.4, -0.2) is 33.2 Å². The summed E-state index contributed by atoms with van der Waals surface area (Å²) >= 11 is 0. The van der Waals surface area contributed by atoms with Gasteiger partial charge in [0.2, 0.25) is 11.9 Å². The van der Waals surface area contributed by atoms with Gasteiger partial charge in [0.15, 0.2) is 0 Å².